The Morgan fingerprint density at radius 1 is 0.864 bits per heavy atom. The molecule has 44 heavy (non-hydrogen) atoms. The Bertz CT molecular complexity index is 2070. The molecule has 218 valence electrons. The van der Waals surface area contributed by atoms with E-state index in [1.807, 2.05) is 0 Å². The quantitative estimate of drug-likeness (QED) is 0.144. The number of carbonyl (C=O) groups is 1. The van der Waals surface area contributed by atoms with Gasteiger partial charge in [0.25, 0.3) is 11.4 Å². The molecule has 0 unspecified atom stereocenters. The van der Waals surface area contributed by atoms with E-state index in [9.17, 15) is 33.8 Å². The minimum atomic E-state index is -2.08. The van der Waals surface area contributed by atoms with E-state index in [1.165, 1.54) is 18.3 Å². The Kier molecular flexibility index (Phi) is 5.95. The second-order valence-corrected chi connectivity index (χ2v) is 10.3. The molecule has 3 heterocycles. The van der Waals surface area contributed by atoms with Crippen LogP contribution in [0.4, 0.5) is 25.8 Å². The second kappa shape index (κ2) is 9.76. The number of carbonyl (C=O) groups excluding carboxylic acids is 1. The van der Waals surface area contributed by atoms with Crippen LogP contribution in [0, 0.1) is 37.3 Å². The predicted molar refractivity (Wildman–Crippen MR) is 152 cm³/mol. The van der Waals surface area contributed by atoms with Gasteiger partial charge in [0.2, 0.25) is 0 Å². The van der Waals surface area contributed by atoms with Crippen LogP contribution in [0.15, 0.2) is 90.2 Å². The molecule has 4 aromatic carbocycles. The number of nitrogens with zero attached hydrogens (tertiary/aromatic N) is 4. The van der Waals surface area contributed by atoms with Gasteiger partial charge in [-0.15, -0.1) is 0 Å². The summed E-state index contributed by atoms with van der Waals surface area (Å²) >= 11 is 0. The topological polar surface area (TPSA) is 166 Å². The summed E-state index contributed by atoms with van der Waals surface area (Å²) in [6.45, 7) is 0. The van der Waals surface area contributed by atoms with Crippen molar-refractivity contribution in [2.45, 2.75) is 12.0 Å². The van der Waals surface area contributed by atoms with Crippen LogP contribution in [-0.4, -0.2) is 31.7 Å². The van der Waals surface area contributed by atoms with E-state index in [0.717, 1.165) is 24.3 Å². The lowest BCUT2D eigenvalue weighted by Crippen LogP contribution is -2.52. The van der Waals surface area contributed by atoms with Crippen LogP contribution < -0.4 is 5.32 Å². The van der Waals surface area contributed by atoms with Crippen LogP contribution >= 0.6 is 0 Å². The van der Waals surface area contributed by atoms with Gasteiger partial charge in [0.15, 0.2) is 5.41 Å². The van der Waals surface area contributed by atoms with Gasteiger partial charge in [0.05, 0.1) is 45.3 Å². The molecule has 2 aliphatic rings. The normalized spacial score (nSPS) is 20.6. The van der Waals surface area contributed by atoms with Gasteiger partial charge in [-0.05, 0) is 36.4 Å². The lowest BCUT2D eigenvalue weighted by molar-refractivity contribution is -0.386. The summed E-state index contributed by atoms with van der Waals surface area (Å²) in [7, 11) is 0. The van der Waals surface area contributed by atoms with Gasteiger partial charge >= 0.3 is 5.97 Å². The second-order valence-electron chi connectivity index (χ2n) is 10.3. The van der Waals surface area contributed by atoms with Crippen molar-refractivity contribution in [1.29, 1.82) is 0 Å². The number of nitro groups is 2. The van der Waals surface area contributed by atoms with Gasteiger partial charge in [-0.25, -0.2) is 13.6 Å². The zero-order valence-electron chi connectivity index (χ0n) is 22.2. The first-order valence-corrected chi connectivity index (χ1v) is 13.2. The minimum absolute atomic E-state index is 0.00464. The number of aromatic nitrogens is 2. The molecule has 14 heteroatoms. The molecule has 1 aromatic heterocycles. The summed E-state index contributed by atoms with van der Waals surface area (Å²) in [5.74, 6) is -4.12. The van der Waals surface area contributed by atoms with E-state index in [4.69, 9.17) is 4.84 Å². The summed E-state index contributed by atoms with van der Waals surface area (Å²) < 4.78 is 28.9. The van der Waals surface area contributed by atoms with Crippen molar-refractivity contribution >= 4 is 39.6 Å². The maximum atomic E-state index is 14.5. The van der Waals surface area contributed by atoms with E-state index >= 15 is 0 Å². The molecule has 2 aliphatic heterocycles. The molecule has 0 radical (unpaired) electrons. The summed E-state index contributed by atoms with van der Waals surface area (Å²) in [5, 5.41) is 39.7. The summed E-state index contributed by atoms with van der Waals surface area (Å²) in [4.78, 5) is 42.9. The first-order chi connectivity index (χ1) is 21.2. The monoisotopic (exact) mass is 596 g/mol. The number of aromatic amines is 1. The number of nitro benzene ring substituents is 2. The van der Waals surface area contributed by atoms with Crippen molar-refractivity contribution in [3.05, 3.63) is 139 Å². The number of rotatable bonds is 5. The third-order valence-corrected chi connectivity index (χ3v) is 8.15. The smallest absolute Gasteiger partial charge is 0.350 e. The molecule has 1 spiro atoms. The van der Waals surface area contributed by atoms with Crippen LogP contribution in [0.2, 0.25) is 0 Å². The highest BCUT2D eigenvalue weighted by atomic mass is 19.1. The highest BCUT2D eigenvalue weighted by molar-refractivity contribution is 6.21. The number of H-pyrrole nitrogens is 1. The molecule has 0 fully saturated rings. The molecule has 3 atom stereocenters. The average Bonchev–Trinajstić information content (AvgIpc) is 3.63. The van der Waals surface area contributed by atoms with Crippen molar-refractivity contribution in [2.75, 3.05) is 5.32 Å². The standard InChI is InChI=1S/C30H18F2N6O6/c31-17-7-9-19(22(12-17)37(40)41)25-24-21(11-6-16-14-33-35-26(16)24)34-28(20-10-8-18(32)13-23(20)38(42)43)30(25)27(36-44-29(30)39)15-4-2-1-3-5-15/h1-14,25,28,34H,(H,33,35)/t25-,28-,30+/m0/s1. The lowest BCUT2D eigenvalue weighted by Gasteiger charge is -2.46. The van der Waals surface area contributed by atoms with Crippen LogP contribution in [0.25, 0.3) is 10.9 Å². The molecule has 0 bridgehead atoms. The lowest BCUT2D eigenvalue weighted by atomic mass is 9.57. The number of halogens is 2. The molecule has 0 saturated heterocycles. The van der Waals surface area contributed by atoms with Gasteiger partial charge in [-0.2, -0.15) is 5.10 Å². The zero-order valence-corrected chi connectivity index (χ0v) is 22.2. The van der Waals surface area contributed by atoms with E-state index in [2.05, 4.69) is 20.7 Å². The van der Waals surface area contributed by atoms with Crippen LogP contribution in [0.5, 0.6) is 0 Å². The number of fused-ring (bicyclic) bond motifs is 3. The predicted octanol–water partition coefficient (Wildman–Crippen LogP) is 5.90. The van der Waals surface area contributed by atoms with Crippen LogP contribution in [0.1, 0.15) is 34.2 Å². The van der Waals surface area contributed by atoms with E-state index in [1.54, 1.807) is 42.5 Å². The van der Waals surface area contributed by atoms with Crippen LogP contribution in [-0.2, 0) is 9.63 Å². The van der Waals surface area contributed by atoms with Gasteiger partial charge < -0.3 is 10.2 Å². The van der Waals surface area contributed by atoms with E-state index < -0.39 is 56.2 Å². The van der Waals surface area contributed by atoms with Crippen molar-refractivity contribution < 1.29 is 28.3 Å². The first kappa shape index (κ1) is 26.8. The fourth-order valence-electron chi connectivity index (χ4n) is 6.42. The Balaban J connectivity index is 1.67. The molecule has 0 aliphatic carbocycles. The molecule has 7 rings (SSSR count). The fourth-order valence-corrected chi connectivity index (χ4v) is 6.42. The average molecular weight is 597 g/mol. The van der Waals surface area contributed by atoms with Crippen molar-refractivity contribution in [1.82, 2.24) is 10.2 Å². The molecule has 0 amide bonds. The SMILES string of the molecule is O=C1ON=C(c2ccccc2)[C@@]12[C@@H](c1ccc(F)cc1[N+](=O)[O-])c1c(ccc3cn[nH]c13)N[C@H]2c1ccc(F)cc1[N+](=O)[O-]. The summed E-state index contributed by atoms with van der Waals surface area (Å²) in [5.41, 5.74) is -2.11. The third-order valence-electron chi connectivity index (χ3n) is 8.15. The Labute approximate surface area is 245 Å². The number of nitrogens with one attached hydrogen (secondary N) is 2. The van der Waals surface area contributed by atoms with Crippen molar-refractivity contribution in [2.24, 2.45) is 10.6 Å². The van der Waals surface area contributed by atoms with Crippen molar-refractivity contribution in [3.8, 4) is 0 Å². The summed E-state index contributed by atoms with van der Waals surface area (Å²) in [6.07, 6.45) is 1.52. The largest absolute Gasteiger partial charge is 0.376 e. The maximum Gasteiger partial charge on any atom is 0.350 e. The molecule has 2 N–H and O–H groups in total. The van der Waals surface area contributed by atoms with Gasteiger partial charge in [0, 0.05) is 33.7 Å². The number of benzene rings is 4. The van der Waals surface area contributed by atoms with E-state index in [-0.39, 0.29) is 16.8 Å². The fraction of sp³-hybridized carbons (Fsp3) is 0.100. The number of hydrogen-bond acceptors (Lipinski definition) is 9. The maximum absolute atomic E-state index is 14.5. The first-order valence-electron chi connectivity index (χ1n) is 13.2. The Hall–Kier alpha value is -6.05. The van der Waals surface area contributed by atoms with E-state index in [0.29, 0.717) is 27.7 Å². The van der Waals surface area contributed by atoms with Gasteiger partial charge in [-0.1, -0.05) is 35.5 Å². The highest BCUT2D eigenvalue weighted by Gasteiger charge is 2.66. The molecule has 12 nitrogen and oxygen atoms in total. The molecular weight excluding hydrogens is 578 g/mol. The van der Waals surface area contributed by atoms with Gasteiger partial charge in [0.1, 0.15) is 17.3 Å². The summed E-state index contributed by atoms with van der Waals surface area (Å²) in [6, 6.07) is 16.2. The molecule has 5 aromatic rings. The Morgan fingerprint density at radius 2 is 1.52 bits per heavy atom. The van der Waals surface area contributed by atoms with Crippen molar-refractivity contribution in [3.63, 3.8) is 0 Å². The number of oxime groups is 1. The van der Waals surface area contributed by atoms with Gasteiger partial charge in [-0.3, -0.25) is 25.3 Å². The number of anilines is 1. The molecular formula is C30H18F2N6O6. The highest BCUT2D eigenvalue weighted by Crippen LogP contribution is 2.62. The Morgan fingerprint density at radius 3 is 2.20 bits per heavy atom. The minimum Gasteiger partial charge on any atom is -0.376 e. The number of hydrogen-bond donors (Lipinski definition) is 2. The molecule has 0 saturated carbocycles. The van der Waals surface area contributed by atoms with Crippen LogP contribution in [0.3, 0.4) is 0 Å². The third kappa shape index (κ3) is 3.77. The zero-order chi connectivity index (χ0) is 30.7.